The molecule has 2 aromatic rings. The lowest BCUT2D eigenvalue weighted by Crippen LogP contribution is -2.37. The molecule has 0 bridgehead atoms. The SMILES string of the molecule is CCCCc1nc(F)c(C(F)(F)F)c(C(F)(F)C(F)(F)F)c1-c1cc(C)no1. The zero-order valence-corrected chi connectivity index (χ0v) is 14.4. The predicted molar refractivity (Wildman–Crippen MR) is 78.0 cm³/mol. The Hall–Kier alpha value is -2.27. The van der Waals surface area contributed by atoms with E-state index in [9.17, 15) is 39.5 Å². The fraction of sp³-hybridized carbons (Fsp3) is 0.500. The Morgan fingerprint density at radius 1 is 1.00 bits per heavy atom. The number of rotatable bonds is 5. The second kappa shape index (κ2) is 7.28. The number of alkyl halides is 8. The summed E-state index contributed by atoms with van der Waals surface area (Å²) in [6, 6.07) is 0.875. The lowest BCUT2D eigenvalue weighted by molar-refractivity contribution is -0.291. The molecule has 0 unspecified atom stereocenters. The molecule has 12 heteroatoms. The van der Waals surface area contributed by atoms with Crippen LogP contribution in [0.2, 0.25) is 0 Å². The van der Waals surface area contributed by atoms with Crippen LogP contribution in [0.4, 0.5) is 39.5 Å². The zero-order valence-electron chi connectivity index (χ0n) is 14.4. The third kappa shape index (κ3) is 3.95. The van der Waals surface area contributed by atoms with Gasteiger partial charge in [-0.3, -0.25) is 0 Å². The summed E-state index contributed by atoms with van der Waals surface area (Å²) in [6.07, 6.45) is -12.1. The highest BCUT2D eigenvalue weighted by Crippen LogP contribution is 2.52. The topological polar surface area (TPSA) is 38.9 Å². The molecule has 2 heterocycles. The maximum Gasteiger partial charge on any atom is 0.458 e. The van der Waals surface area contributed by atoms with Crippen LogP contribution < -0.4 is 0 Å². The molecule has 0 aliphatic carbocycles. The van der Waals surface area contributed by atoms with Crippen molar-refractivity contribution in [1.82, 2.24) is 10.1 Å². The van der Waals surface area contributed by atoms with Crippen LogP contribution >= 0.6 is 0 Å². The second-order valence-electron chi connectivity index (χ2n) is 5.98. The quantitative estimate of drug-likeness (QED) is 0.427. The summed E-state index contributed by atoms with van der Waals surface area (Å²) < 4.78 is 126. The monoisotopic (exact) mass is 420 g/mol. The van der Waals surface area contributed by atoms with E-state index >= 15 is 0 Å². The lowest BCUT2D eigenvalue weighted by Gasteiger charge is -2.26. The molecule has 0 radical (unpaired) electrons. The van der Waals surface area contributed by atoms with Gasteiger partial charge in [0.15, 0.2) is 5.76 Å². The summed E-state index contributed by atoms with van der Waals surface area (Å²) in [7, 11) is 0. The van der Waals surface area contributed by atoms with Crippen molar-refractivity contribution in [2.75, 3.05) is 0 Å². The van der Waals surface area contributed by atoms with E-state index in [0.717, 1.165) is 6.07 Å². The minimum absolute atomic E-state index is 0.00981. The summed E-state index contributed by atoms with van der Waals surface area (Å²) in [5.74, 6) is -9.28. The third-order valence-electron chi connectivity index (χ3n) is 3.82. The van der Waals surface area contributed by atoms with E-state index in [1.165, 1.54) is 6.92 Å². The van der Waals surface area contributed by atoms with Crippen molar-refractivity contribution in [2.24, 2.45) is 0 Å². The number of hydrogen-bond donors (Lipinski definition) is 0. The van der Waals surface area contributed by atoms with Crippen molar-refractivity contribution >= 4 is 0 Å². The Morgan fingerprint density at radius 2 is 1.61 bits per heavy atom. The Balaban J connectivity index is 3.03. The first-order chi connectivity index (χ1) is 12.7. The van der Waals surface area contributed by atoms with Crippen molar-refractivity contribution in [3.8, 4) is 11.3 Å². The molecule has 0 aromatic carbocycles. The van der Waals surface area contributed by atoms with Crippen molar-refractivity contribution < 1.29 is 44.0 Å². The summed E-state index contributed by atoms with van der Waals surface area (Å²) in [5.41, 5.74) is -7.33. The standard InChI is InChI=1S/C16H13F9N2O/c1-3-4-5-8-10(9-6-7(2)27-28-9)11(14(18,19)16(23,24)25)12(13(17)26-8)15(20,21)22/h6H,3-5H2,1-2H3. The molecule has 28 heavy (non-hydrogen) atoms. The van der Waals surface area contributed by atoms with Gasteiger partial charge in [-0.05, 0) is 19.8 Å². The first kappa shape index (κ1) is 22.0. The summed E-state index contributed by atoms with van der Waals surface area (Å²) in [4.78, 5) is 3.04. The maximum absolute atomic E-state index is 14.2. The van der Waals surface area contributed by atoms with Gasteiger partial charge in [0.05, 0.1) is 22.5 Å². The average Bonchev–Trinajstić information content (AvgIpc) is 2.95. The molecule has 0 atom stereocenters. The first-order valence-corrected chi connectivity index (χ1v) is 7.90. The molecular weight excluding hydrogens is 407 g/mol. The van der Waals surface area contributed by atoms with Crippen LogP contribution in [-0.2, 0) is 18.5 Å². The highest BCUT2D eigenvalue weighted by atomic mass is 19.4. The summed E-state index contributed by atoms with van der Waals surface area (Å²) in [6.45, 7) is 2.91. The minimum atomic E-state index is -6.42. The molecule has 0 aliphatic rings. The van der Waals surface area contributed by atoms with Crippen LogP contribution in [0, 0.1) is 12.9 Å². The Bertz CT molecular complexity index is 853. The Morgan fingerprint density at radius 3 is 2.04 bits per heavy atom. The molecule has 0 fully saturated rings. The van der Waals surface area contributed by atoms with Crippen molar-refractivity contribution in [2.45, 2.75) is 51.4 Å². The number of halogens is 9. The predicted octanol–water partition coefficient (Wildman–Crippen LogP) is 6.20. The minimum Gasteiger partial charge on any atom is -0.356 e. The van der Waals surface area contributed by atoms with E-state index in [2.05, 4.69) is 14.7 Å². The number of hydrogen-bond acceptors (Lipinski definition) is 3. The second-order valence-corrected chi connectivity index (χ2v) is 5.98. The molecule has 0 saturated carbocycles. The number of aromatic nitrogens is 2. The van der Waals surface area contributed by atoms with E-state index in [4.69, 9.17) is 0 Å². The fourth-order valence-corrected chi connectivity index (χ4v) is 2.59. The highest BCUT2D eigenvalue weighted by molar-refractivity contribution is 5.69. The largest absolute Gasteiger partial charge is 0.458 e. The van der Waals surface area contributed by atoms with E-state index in [0.29, 0.717) is 6.42 Å². The number of pyridine rings is 1. The molecule has 0 saturated heterocycles. The molecule has 0 aliphatic heterocycles. The molecular formula is C16H13F9N2O. The van der Waals surface area contributed by atoms with Crippen LogP contribution in [0.25, 0.3) is 11.3 Å². The lowest BCUT2D eigenvalue weighted by atomic mass is 9.91. The first-order valence-electron chi connectivity index (χ1n) is 7.90. The van der Waals surface area contributed by atoms with Gasteiger partial charge in [-0.25, -0.2) is 4.98 Å². The fourth-order valence-electron chi connectivity index (χ4n) is 2.59. The Labute approximate surface area is 152 Å². The molecule has 2 aromatic heterocycles. The third-order valence-corrected chi connectivity index (χ3v) is 3.82. The molecule has 2 rings (SSSR count). The number of aryl methyl sites for hydroxylation is 2. The molecule has 156 valence electrons. The highest BCUT2D eigenvalue weighted by Gasteiger charge is 2.63. The average molecular weight is 420 g/mol. The number of unbranched alkanes of at least 4 members (excludes halogenated alkanes) is 1. The van der Waals surface area contributed by atoms with Gasteiger partial charge in [-0.1, -0.05) is 18.5 Å². The van der Waals surface area contributed by atoms with Gasteiger partial charge in [0.1, 0.15) is 5.56 Å². The Kier molecular flexibility index (Phi) is 5.73. The molecule has 0 N–H and O–H groups in total. The molecule has 0 amide bonds. The smallest absolute Gasteiger partial charge is 0.356 e. The van der Waals surface area contributed by atoms with Gasteiger partial charge in [0.2, 0.25) is 5.95 Å². The van der Waals surface area contributed by atoms with E-state index in [1.54, 1.807) is 6.92 Å². The van der Waals surface area contributed by atoms with Crippen LogP contribution in [0.1, 0.15) is 42.3 Å². The van der Waals surface area contributed by atoms with Crippen LogP contribution in [0.15, 0.2) is 10.6 Å². The van der Waals surface area contributed by atoms with Crippen LogP contribution in [0.5, 0.6) is 0 Å². The van der Waals surface area contributed by atoms with Gasteiger partial charge in [-0.2, -0.15) is 39.5 Å². The van der Waals surface area contributed by atoms with Crippen molar-refractivity contribution in [3.63, 3.8) is 0 Å². The normalized spacial score (nSPS) is 13.2. The van der Waals surface area contributed by atoms with Gasteiger partial charge in [-0.15, -0.1) is 0 Å². The zero-order chi connectivity index (χ0) is 21.5. The van der Waals surface area contributed by atoms with Crippen molar-refractivity contribution in [3.05, 3.63) is 34.5 Å². The summed E-state index contributed by atoms with van der Waals surface area (Å²) >= 11 is 0. The summed E-state index contributed by atoms with van der Waals surface area (Å²) in [5, 5.41) is 3.31. The van der Waals surface area contributed by atoms with Crippen molar-refractivity contribution in [1.29, 1.82) is 0 Å². The van der Waals surface area contributed by atoms with Crippen LogP contribution in [0.3, 0.4) is 0 Å². The van der Waals surface area contributed by atoms with E-state index < -0.39 is 52.4 Å². The van der Waals surface area contributed by atoms with Gasteiger partial charge < -0.3 is 4.52 Å². The van der Waals surface area contributed by atoms with E-state index in [1.807, 2.05) is 0 Å². The van der Waals surface area contributed by atoms with Gasteiger partial charge in [0.25, 0.3) is 0 Å². The number of nitrogens with zero attached hydrogens (tertiary/aromatic N) is 2. The van der Waals surface area contributed by atoms with Gasteiger partial charge >= 0.3 is 18.3 Å². The van der Waals surface area contributed by atoms with E-state index in [-0.39, 0.29) is 18.5 Å². The maximum atomic E-state index is 14.2. The van der Waals surface area contributed by atoms with Gasteiger partial charge in [0, 0.05) is 6.07 Å². The molecule has 3 nitrogen and oxygen atoms in total. The molecule has 0 spiro atoms. The van der Waals surface area contributed by atoms with Crippen LogP contribution in [-0.4, -0.2) is 16.3 Å².